The minimum atomic E-state index is -0.122. The normalized spacial score (nSPS) is 10.0. The molecule has 1 aromatic rings. The van der Waals surface area contributed by atoms with E-state index in [0.717, 1.165) is 0 Å². The number of hydrogen-bond donors (Lipinski definition) is 2. The zero-order valence-electron chi connectivity index (χ0n) is 10.5. The number of methoxy groups -OCH3 is 2. The van der Waals surface area contributed by atoms with Gasteiger partial charge in [-0.3, -0.25) is 4.79 Å². The Bertz CT molecular complexity index is 424. The summed E-state index contributed by atoms with van der Waals surface area (Å²) in [6, 6.07) is 3.22. The summed E-state index contributed by atoms with van der Waals surface area (Å²) in [5.74, 6) is 0.844. The monoisotopic (exact) mass is 272 g/mol. The molecule has 100 valence electrons. The number of nitrogens with one attached hydrogen (secondary N) is 1. The standard InChI is InChI=1S/C12H17ClN2O3/c1-17-10-7-9(11(18-2)6-8(10)13)15-12(16)4-3-5-14/h6-7H,3-5,14H2,1-2H3,(H,15,16). The molecule has 5 nitrogen and oxygen atoms in total. The van der Waals surface area contributed by atoms with Crippen LogP contribution in [0.4, 0.5) is 5.69 Å². The lowest BCUT2D eigenvalue weighted by Crippen LogP contribution is -2.14. The predicted molar refractivity (Wildman–Crippen MR) is 71.5 cm³/mol. The van der Waals surface area contributed by atoms with Gasteiger partial charge in [0.05, 0.1) is 24.9 Å². The summed E-state index contributed by atoms with van der Waals surface area (Å²) in [6.45, 7) is 0.481. The van der Waals surface area contributed by atoms with E-state index in [1.807, 2.05) is 0 Å². The second-order valence-corrected chi connectivity index (χ2v) is 4.03. The number of ether oxygens (including phenoxy) is 2. The van der Waals surface area contributed by atoms with Gasteiger partial charge in [0, 0.05) is 18.6 Å². The van der Waals surface area contributed by atoms with E-state index >= 15 is 0 Å². The fraction of sp³-hybridized carbons (Fsp3) is 0.417. The van der Waals surface area contributed by atoms with Crippen molar-refractivity contribution < 1.29 is 14.3 Å². The fourth-order valence-corrected chi connectivity index (χ4v) is 1.66. The molecule has 0 fully saturated rings. The van der Waals surface area contributed by atoms with Crippen LogP contribution < -0.4 is 20.5 Å². The molecule has 0 aliphatic carbocycles. The summed E-state index contributed by atoms with van der Waals surface area (Å²) in [5.41, 5.74) is 5.88. The van der Waals surface area contributed by atoms with Crippen LogP contribution in [0.5, 0.6) is 11.5 Å². The zero-order valence-corrected chi connectivity index (χ0v) is 11.2. The van der Waals surface area contributed by atoms with Crippen molar-refractivity contribution in [1.29, 1.82) is 0 Å². The lowest BCUT2D eigenvalue weighted by molar-refractivity contribution is -0.116. The molecule has 0 radical (unpaired) electrons. The molecule has 0 saturated carbocycles. The SMILES string of the molecule is COc1cc(NC(=O)CCCN)c(OC)cc1Cl. The average Bonchev–Trinajstić information content (AvgIpc) is 2.37. The number of nitrogens with two attached hydrogens (primary N) is 1. The quantitative estimate of drug-likeness (QED) is 0.831. The van der Waals surface area contributed by atoms with Gasteiger partial charge in [-0.05, 0) is 13.0 Å². The van der Waals surface area contributed by atoms with Gasteiger partial charge in [-0.1, -0.05) is 11.6 Å². The van der Waals surface area contributed by atoms with Gasteiger partial charge in [-0.25, -0.2) is 0 Å². The molecular formula is C12H17ClN2O3. The van der Waals surface area contributed by atoms with Gasteiger partial charge in [0.2, 0.25) is 5.91 Å². The van der Waals surface area contributed by atoms with Crippen LogP contribution in [0.15, 0.2) is 12.1 Å². The average molecular weight is 273 g/mol. The van der Waals surface area contributed by atoms with E-state index in [9.17, 15) is 4.79 Å². The molecule has 0 spiro atoms. The summed E-state index contributed by atoms with van der Waals surface area (Å²) in [5, 5.41) is 3.17. The highest BCUT2D eigenvalue weighted by atomic mass is 35.5. The number of rotatable bonds is 6. The molecule has 1 amide bonds. The summed E-state index contributed by atoms with van der Waals surface area (Å²) in [6.07, 6.45) is 1.00. The fourth-order valence-electron chi connectivity index (χ4n) is 1.43. The Hall–Kier alpha value is -1.46. The predicted octanol–water partition coefficient (Wildman–Crippen LogP) is 2.03. The molecule has 1 aromatic carbocycles. The van der Waals surface area contributed by atoms with Crippen molar-refractivity contribution >= 4 is 23.2 Å². The number of hydrogen-bond acceptors (Lipinski definition) is 4. The summed E-state index contributed by atoms with van der Waals surface area (Å²) in [7, 11) is 3.02. The van der Waals surface area contributed by atoms with E-state index in [1.165, 1.54) is 14.2 Å². The number of amides is 1. The summed E-state index contributed by atoms with van der Waals surface area (Å²) >= 11 is 5.97. The molecule has 0 saturated heterocycles. The third kappa shape index (κ3) is 3.78. The Morgan fingerprint density at radius 1 is 1.33 bits per heavy atom. The molecule has 1 rings (SSSR count). The molecule has 0 heterocycles. The molecule has 18 heavy (non-hydrogen) atoms. The highest BCUT2D eigenvalue weighted by Gasteiger charge is 2.12. The van der Waals surface area contributed by atoms with Gasteiger partial charge in [0.15, 0.2) is 0 Å². The lowest BCUT2D eigenvalue weighted by Gasteiger charge is -2.13. The van der Waals surface area contributed by atoms with Crippen molar-refractivity contribution in [1.82, 2.24) is 0 Å². The van der Waals surface area contributed by atoms with E-state index in [4.69, 9.17) is 26.8 Å². The van der Waals surface area contributed by atoms with E-state index in [1.54, 1.807) is 12.1 Å². The summed E-state index contributed by atoms with van der Waals surface area (Å²) < 4.78 is 10.2. The van der Waals surface area contributed by atoms with E-state index in [2.05, 4.69) is 5.32 Å². The number of benzene rings is 1. The van der Waals surface area contributed by atoms with Crippen LogP contribution in [0.1, 0.15) is 12.8 Å². The van der Waals surface area contributed by atoms with Crippen LogP contribution in [-0.4, -0.2) is 26.7 Å². The topological polar surface area (TPSA) is 73.6 Å². The van der Waals surface area contributed by atoms with Gasteiger partial charge in [-0.2, -0.15) is 0 Å². The Morgan fingerprint density at radius 3 is 2.56 bits per heavy atom. The highest BCUT2D eigenvalue weighted by Crippen LogP contribution is 2.35. The molecular weight excluding hydrogens is 256 g/mol. The van der Waals surface area contributed by atoms with Crippen LogP contribution in [-0.2, 0) is 4.79 Å². The molecule has 0 atom stereocenters. The molecule has 0 aliphatic rings. The zero-order chi connectivity index (χ0) is 13.5. The second-order valence-electron chi connectivity index (χ2n) is 3.63. The van der Waals surface area contributed by atoms with E-state index in [-0.39, 0.29) is 5.91 Å². The molecule has 0 aliphatic heterocycles. The maximum Gasteiger partial charge on any atom is 0.224 e. The Morgan fingerprint density at radius 2 is 2.00 bits per heavy atom. The van der Waals surface area contributed by atoms with E-state index in [0.29, 0.717) is 41.6 Å². The van der Waals surface area contributed by atoms with Gasteiger partial charge >= 0.3 is 0 Å². The first-order chi connectivity index (χ1) is 8.62. The molecule has 0 unspecified atom stereocenters. The maximum atomic E-state index is 11.6. The van der Waals surface area contributed by atoms with Crippen LogP contribution in [0.2, 0.25) is 5.02 Å². The smallest absolute Gasteiger partial charge is 0.224 e. The number of halogens is 1. The molecule has 0 bridgehead atoms. The summed E-state index contributed by atoms with van der Waals surface area (Å²) in [4.78, 5) is 11.6. The highest BCUT2D eigenvalue weighted by molar-refractivity contribution is 6.32. The van der Waals surface area contributed by atoms with Gasteiger partial charge in [-0.15, -0.1) is 0 Å². The van der Waals surface area contributed by atoms with Crippen LogP contribution in [0.3, 0.4) is 0 Å². The van der Waals surface area contributed by atoms with Crippen LogP contribution >= 0.6 is 11.6 Å². The van der Waals surface area contributed by atoms with Crippen LogP contribution in [0, 0.1) is 0 Å². The van der Waals surface area contributed by atoms with Crippen molar-refractivity contribution in [3.63, 3.8) is 0 Å². The molecule has 3 N–H and O–H groups in total. The third-order valence-corrected chi connectivity index (χ3v) is 2.65. The maximum absolute atomic E-state index is 11.6. The lowest BCUT2D eigenvalue weighted by atomic mass is 10.2. The van der Waals surface area contributed by atoms with Crippen LogP contribution in [0.25, 0.3) is 0 Å². The Balaban J connectivity index is 2.89. The van der Waals surface area contributed by atoms with Crippen molar-refractivity contribution in [3.05, 3.63) is 17.2 Å². The number of anilines is 1. The second kappa shape index (κ2) is 7.08. The Labute approximate surface area is 111 Å². The van der Waals surface area contributed by atoms with Crippen molar-refractivity contribution in [3.8, 4) is 11.5 Å². The Kier molecular flexibility index (Phi) is 5.74. The largest absolute Gasteiger partial charge is 0.495 e. The first-order valence-electron chi connectivity index (χ1n) is 5.53. The van der Waals surface area contributed by atoms with E-state index < -0.39 is 0 Å². The van der Waals surface area contributed by atoms with Crippen molar-refractivity contribution in [2.24, 2.45) is 5.73 Å². The molecule has 6 heteroatoms. The number of carbonyl (C=O) groups excluding carboxylic acids is 1. The third-order valence-electron chi connectivity index (χ3n) is 2.36. The molecule has 0 aromatic heterocycles. The number of carbonyl (C=O) groups is 1. The minimum absolute atomic E-state index is 0.122. The van der Waals surface area contributed by atoms with Gasteiger partial charge in [0.25, 0.3) is 0 Å². The minimum Gasteiger partial charge on any atom is -0.495 e. The van der Waals surface area contributed by atoms with Crippen molar-refractivity contribution in [2.75, 3.05) is 26.1 Å². The first kappa shape index (κ1) is 14.6. The van der Waals surface area contributed by atoms with Gasteiger partial charge in [0.1, 0.15) is 11.5 Å². The first-order valence-corrected chi connectivity index (χ1v) is 5.91. The van der Waals surface area contributed by atoms with Crippen molar-refractivity contribution in [2.45, 2.75) is 12.8 Å². The van der Waals surface area contributed by atoms with Gasteiger partial charge < -0.3 is 20.5 Å².